The van der Waals surface area contributed by atoms with Crippen LogP contribution in [-0.2, 0) is 7.05 Å². The third-order valence-electron chi connectivity index (χ3n) is 1.94. The lowest BCUT2D eigenvalue weighted by Gasteiger charge is -2.02. The van der Waals surface area contributed by atoms with Crippen LogP contribution >= 0.6 is 11.6 Å². The van der Waals surface area contributed by atoms with Crippen molar-refractivity contribution in [3.63, 3.8) is 0 Å². The third-order valence-corrected chi connectivity index (χ3v) is 2.13. The normalized spacial score (nSPS) is 11.5. The van der Waals surface area contributed by atoms with Gasteiger partial charge in [-0.3, -0.25) is 4.68 Å². The molecule has 74 valence electrons. The molecule has 0 atom stereocenters. The van der Waals surface area contributed by atoms with Crippen LogP contribution in [0.5, 0.6) is 0 Å². The fourth-order valence-corrected chi connectivity index (χ4v) is 1.48. The van der Waals surface area contributed by atoms with Gasteiger partial charge in [-0.05, 0) is 6.07 Å². The molecule has 0 aromatic carbocycles. The van der Waals surface area contributed by atoms with E-state index in [0.717, 1.165) is 6.07 Å². The molecule has 0 aliphatic heterocycles. The van der Waals surface area contributed by atoms with Gasteiger partial charge in [-0.15, -0.1) is 0 Å². The number of fused-ring (bicyclic) bond motifs is 1. The molecule has 0 amide bonds. The molecule has 14 heavy (non-hydrogen) atoms. The van der Waals surface area contributed by atoms with E-state index >= 15 is 0 Å². The molecule has 2 aromatic rings. The minimum absolute atomic E-state index is 0.0522. The molecule has 0 radical (unpaired) electrons. The number of aryl methyl sites for hydroxylation is 1. The van der Waals surface area contributed by atoms with Crippen LogP contribution in [0.3, 0.4) is 0 Å². The minimum atomic E-state index is -2.57. The number of hydrogen-bond acceptors (Lipinski definition) is 2. The van der Waals surface area contributed by atoms with Crippen LogP contribution in [0.1, 0.15) is 12.0 Å². The van der Waals surface area contributed by atoms with Crippen molar-refractivity contribution in [2.24, 2.45) is 7.05 Å². The van der Waals surface area contributed by atoms with Gasteiger partial charge in [-0.1, -0.05) is 11.6 Å². The molecule has 2 rings (SSSR count). The molecule has 0 N–H and O–H groups in total. The Labute approximate surface area is 83.3 Å². The molecule has 3 nitrogen and oxygen atoms in total. The summed E-state index contributed by atoms with van der Waals surface area (Å²) in [7, 11) is 1.63. The summed E-state index contributed by atoms with van der Waals surface area (Å²) in [6.07, 6.45) is -1.21. The van der Waals surface area contributed by atoms with Gasteiger partial charge in [0.2, 0.25) is 0 Å². The van der Waals surface area contributed by atoms with Gasteiger partial charge in [-0.2, -0.15) is 5.10 Å². The van der Waals surface area contributed by atoms with Gasteiger partial charge < -0.3 is 0 Å². The maximum atomic E-state index is 12.6. The number of pyridine rings is 1. The Kier molecular flexibility index (Phi) is 2.11. The zero-order valence-corrected chi connectivity index (χ0v) is 7.96. The van der Waals surface area contributed by atoms with Crippen LogP contribution < -0.4 is 0 Å². The Morgan fingerprint density at radius 1 is 1.50 bits per heavy atom. The van der Waals surface area contributed by atoms with E-state index in [1.54, 1.807) is 7.05 Å². The first-order chi connectivity index (χ1) is 6.59. The summed E-state index contributed by atoms with van der Waals surface area (Å²) in [6.45, 7) is 0. The Morgan fingerprint density at radius 3 is 2.86 bits per heavy atom. The number of hydrogen-bond donors (Lipinski definition) is 0. The van der Waals surface area contributed by atoms with Gasteiger partial charge in [-0.25, -0.2) is 13.8 Å². The number of alkyl halides is 2. The first-order valence-corrected chi connectivity index (χ1v) is 4.23. The van der Waals surface area contributed by atoms with Crippen LogP contribution in [0.15, 0.2) is 12.3 Å². The van der Waals surface area contributed by atoms with Crippen molar-refractivity contribution in [1.29, 1.82) is 0 Å². The molecular formula is C8H6ClF2N3. The van der Waals surface area contributed by atoms with Gasteiger partial charge in [0.25, 0.3) is 6.43 Å². The smallest absolute Gasteiger partial charge is 0.250 e. The Balaban J connectivity index is 2.82. The largest absolute Gasteiger partial charge is 0.264 e. The van der Waals surface area contributed by atoms with E-state index in [0.29, 0.717) is 11.0 Å². The Bertz CT molecular complexity index is 481. The highest BCUT2D eigenvalue weighted by Crippen LogP contribution is 2.28. The highest BCUT2D eigenvalue weighted by Gasteiger charge is 2.15. The monoisotopic (exact) mass is 217 g/mol. The predicted molar refractivity (Wildman–Crippen MR) is 48.5 cm³/mol. The zero-order valence-electron chi connectivity index (χ0n) is 7.21. The lowest BCUT2D eigenvalue weighted by molar-refractivity contribution is 0.153. The second-order valence-electron chi connectivity index (χ2n) is 2.84. The summed E-state index contributed by atoms with van der Waals surface area (Å²) < 4.78 is 26.5. The maximum Gasteiger partial charge on any atom is 0.264 e. The molecule has 2 aromatic heterocycles. The van der Waals surface area contributed by atoms with Crippen LogP contribution in [-0.4, -0.2) is 14.8 Å². The SMILES string of the molecule is Cn1ncc2c(C(F)F)cc(Cl)nc21. The number of halogens is 3. The van der Waals surface area contributed by atoms with Crippen LogP contribution in [0.4, 0.5) is 8.78 Å². The first-order valence-electron chi connectivity index (χ1n) is 3.86. The molecule has 0 saturated carbocycles. The quantitative estimate of drug-likeness (QED) is 0.688. The summed E-state index contributed by atoms with van der Waals surface area (Å²) >= 11 is 5.61. The standard InChI is InChI=1S/C8H6ClF2N3/c1-14-8-5(3-12-14)4(7(10)11)2-6(9)13-8/h2-3,7H,1H3. The molecule has 0 spiro atoms. The van der Waals surface area contributed by atoms with Gasteiger partial charge >= 0.3 is 0 Å². The van der Waals surface area contributed by atoms with E-state index in [9.17, 15) is 8.78 Å². The zero-order chi connectivity index (χ0) is 10.3. The lowest BCUT2D eigenvalue weighted by atomic mass is 10.2. The molecule has 0 bridgehead atoms. The molecular weight excluding hydrogens is 212 g/mol. The van der Waals surface area contributed by atoms with Crippen LogP contribution in [0.25, 0.3) is 11.0 Å². The van der Waals surface area contributed by atoms with Crippen molar-refractivity contribution >= 4 is 22.6 Å². The minimum Gasteiger partial charge on any atom is -0.250 e. The number of aromatic nitrogens is 3. The van der Waals surface area contributed by atoms with Crippen LogP contribution in [0.2, 0.25) is 5.15 Å². The van der Waals surface area contributed by atoms with Crippen molar-refractivity contribution < 1.29 is 8.78 Å². The van der Waals surface area contributed by atoms with Crippen molar-refractivity contribution in [1.82, 2.24) is 14.8 Å². The molecule has 0 saturated heterocycles. The second kappa shape index (κ2) is 3.16. The van der Waals surface area contributed by atoms with Crippen molar-refractivity contribution in [3.8, 4) is 0 Å². The average molecular weight is 218 g/mol. The first kappa shape index (κ1) is 9.33. The molecule has 6 heteroatoms. The van der Waals surface area contributed by atoms with Gasteiger partial charge in [0.15, 0.2) is 5.65 Å². The summed E-state index contributed by atoms with van der Waals surface area (Å²) in [5.41, 5.74) is 0.237. The maximum absolute atomic E-state index is 12.6. The molecule has 2 heterocycles. The Morgan fingerprint density at radius 2 is 2.21 bits per heavy atom. The molecule has 0 fully saturated rings. The van der Waals surface area contributed by atoms with Gasteiger partial charge in [0.1, 0.15) is 5.15 Å². The number of rotatable bonds is 1. The van der Waals surface area contributed by atoms with Crippen molar-refractivity contribution in [3.05, 3.63) is 23.0 Å². The van der Waals surface area contributed by atoms with Crippen molar-refractivity contribution in [2.75, 3.05) is 0 Å². The highest BCUT2D eigenvalue weighted by atomic mass is 35.5. The highest BCUT2D eigenvalue weighted by molar-refractivity contribution is 6.29. The fraction of sp³-hybridized carbons (Fsp3) is 0.250. The predicted octanol–water partition coefficient (Wildman–Crippen LogP) is 2.56. The summed E-state index contributed by atoms with van der Waals surface area (Å²) in [5.74, 6) is 0. The summed E-state index contributed by atoms with van der Waals surface area (Å²) in [4.78, 5) is 3.91. The topological polar surface area (TPSA) is 30.7 Å². The lowest BCUT2D eigenvalue weighted by Crippen LogP contribution is -1.94. The fourth-order valence-electron chi connectivity index (χ4n) is 1.29. The summed E-state index contributed by atoms with van der Waals surface area (Å²) in [5, 5.41) is 4.23. The third kappa shape index (κ3) is 1.33. The van der Waals surface area contributed by atoms with E-state index in [1.165, 1.54) is 10.9 Å². The van der Waals surface area contributed by atoms with E-state index in [1.807, 2.05) is 0 Å². The van der Waals surface area contributed by atoms with E-state index in [2.05, 4.69) is 10.1 Å². The Hall–Kier alpha value is -1.23. The van der Waals surface area contributed by atoms with Crippen molar-refractivity contribution in [2.45, 2.75) is 6.43 Å². The van der Waals surface area contributed by atoms with E-state index in [-0.39, 0.29) is 10.7 Å². The molecule has 0 aliphatic rings. The molecule has 0 unspecified atom stereocenters. The van der Waals surface area contributed by atoms with Gasteiger partial charge in [0.05, 0.1) is 6.20 Å². The molecule has 0 aliphatic carbocycles. The van der Waals surface area contributed by atoms with E-state index in [4.69, 9.17) is 11.6 Å². The van der Waals surface area contributed by atoms with Crippen LogP contribution in [0, 0.1) is 0 Å². The van der Waals surface area contributed by atoms with Gasteiger partial charge in [0, 0.05) is 18.0 Å². The average Bonchev–Trinajstić information content (AvgIpc) is 2.47. The van der Waals surface area contributed by atoms with E-state index < -0.39 is 6.43 Å². The second-order valence-corrected chi connectivity index (χ2v) is 3.23. The number of nitrogens with zero attached hydrogens (tertiary/aromatic N) is 3. The summed E-state index contributed by atoms with van der Waals surface area (Å²) in [6, 6.07) is 1.16.